The fourth-order valence-corrected chi connectivity index (χ4v) is 3.38. The molecular formula is C20H27N5O. The summed E-state index contributed by atoms with van der Waals surface area (Å²) in [5.74, 6) is 0.794. The number of amides is 1. The van der Waals surface area contributed by atoms with E-state index in [1.165, 1.54) is 10.9 Å². The highest BCUT2D eigenvalue weighted by atomic mass is 16.1. The van der Waals surface area contributed by atoms with Gasteiger partial charge in [0.25, 0.3) is 0 Å². The van der Waals surface area contributed by atoms with Crippen molar-refractivity contribution in [2.75, 3.05) is 6.54 Å². The van der Waals surface area contributed by atoms with E-state index in [1.807, 2.05) is 25.5 Å². The normalized spacial score (nSPS) is 11.5. The molecule has 6 heteroatoms. The van der Waals surface area contributed by atoms with E-state index >= 15 is 0 Å². The third-order valence-electron chi connectivity index (χ3n) is 4.69. The van der Waals surface area contributed by atoms with Gasteiger partial charge in [-0.15, -0.1) is 0 Å². The summed E-state index contributed by atoms with van der Waals surface area (Å²) in [6.45, 7) is 5.49. The highest BCUT2D eigenvalue weighted by Gasteiger charge is 2.14. The van der Waals surface area contributed by atoms with E-state index in [4.69, 9.17) is 5.73 Å². The molecule has 0 aliphatic rings. The third kappa shape index (κ3) is 4.14. The van der Waals surface area contributed by atoms with Crippen LogP contribution >= 0.6 is 0 Å². The topological polar surface area (TPSA) is 69.1 Å². The summed E-state index contributed by atoms with van der Waals surface area (Å²) in [6.07, 6.45) is 7.42. The van der Waals surface area contributed by atoms with Gasteiger partial charge >= 0.3 is 0 Å². The second kappa shape index (κ2) is 8.19. The van der Waals surface area contributed by atoms with Crippen molar-refractivity contribution < 1.29 is 4.79 Å². The van der Waals surface area contributed by atoms with Crippen molar-refractivity contribution in [3.8, 4) is 0 Å². The number of carbonyl (C=O) groups is 1. The number of benzene rings is 1. The van der Waals surface area contributed by atoms with Gasteiger partial charge in [0.2, 0.25) is 5.91 Å². The summed E-state index contributed by atoms with van der Waals surface area (Å²) in [5.41, 5.74) is 7.75. The van der Waals surface area contributed by atoms with Crippen LogP contribution in [-0.4, -0.2) is 31.5 Å². The Morgan fingerprint density at radius 2 is 2.08 bits per heavy atom. The number of rotatable bonds is 9. The van der Waals surface area contributed by atoms with E-state index in [-0.39, 0.29) is 5.91 Å². The molecule has 0 spiro atoms. The molecule has 0 aliphatic heterocycles. The summed E-state index contributed by atoms with van der Waals surface area (Å²) in [6, 6.07) is 8.34. The Kier molecular flexibility index (Phi) is 5.73. The summed E-state index contributed by atoms with van der Waals surface area (Å²) < 4.78 is 4.21. The first-order valence-electron chi connectivity index (χ1n) is 9.12. The molecule has 0 fully saturated rings. The minimum absolute atomic E-state index is 0.272. The van der Waals surface area contributed by atoms with E-state index in [1.54, 1.807) is 0 Å². The molecule has 0 saturated heterocycles. The molecule has 3 aromatic rings. The number of para-hydroxylation sites is 1. The van der Waals surface area contributed by atoms with E-state index in [0.29, 0.717) is 13.0 Å². The molecular weight excluding hydrogens is 326 g/mol. The fourth-order valence-electron chi connectivity index (χ4n) is 3.38. The molecule has 0 aliphatic carbocycles. The van der Waals surface area contributed by atoms with Crippen LogP contribution in [0.1, 0.15) is 31.2 Å². The Bertz CT molecular complexity index is 879. The van der Waals surface area contributed by atoms with Crippen molar-refractivity contribution in [2.45, 2.75) is 39.4 Å². The largest absolute Gasteiger partial charge is 0.370 e. The zero-order valence-corrected chi connectivity index (χ0v) is 15.6. The number of primary amides is 1. The van der Waals surface area contributed by atoms with Gasteiger partial charge in [0, 0.05) is 56.1 Å². The minimum atomic E-state index is -0.272. The lowest BCUT2D eigenvalue weighted by molar-refractivity contribution is -0.118. The van der Waals surface area contributed by atoms with E-state index < -0.39 is 0 Å². The van der Waals surface area contributed by atoms with Crippen molar-refractivity contribution >= 4 is 16.8 Å². The van der Waals surface area contributed by atoms with Gasteiger partial charge in [-0.1, -0.05) is 25.1 Å². The van der Waals surface area contributed by atoms with Gasteiger partial charge in [0.1, 0.15) is 5.82 Å². The van der Waals surface area contributed by atoms with Gasteiger partial charge in [0.05, 0.1) is 6.54 Å². The molecule has 1 aromatic carbocycles. The Hall–Kier alpha value is -2.60. The van der Waals surface area contributed by atoms with Crippen LogP contribution in [0.2, 0.25) is 0 Å². The van der Waals surface area contributed by atoms with Crippen LogP contribution in [0.25, 0.3) is 10.9 Å². The van der Waals surface area contributed by atoms with Gasteiger partial charge in [-0.3, -0.25) is 9.69 Å². The smallest absolute Gasteiger partial charge is 0.219 e. The number of aryl methyl sites for hydroxylation is 2. The maximum absolute atomic E-state index is 11.2. The molecule has 3 rings (SSSR count). The second-order valence-electron chi connectivity index (χ2n) is 6.75. The average molecular weight is 353 g/mol. The maximum atomic E-state index is 11.2. The second-order valence-corrected chi connectivity index (χ2v) is 6.75. The Balaban J connectivity index is 1.85. The van der Waals surface area contributed by atoms with Gasteiger partial charge < -0.3 is 14.9 Å². The SMILES string of the molecule is CCCN(Cc1cn(CCC(N)=O)c2ccccc12)Cc1nccn1C. The summed E-state index contributed by atoms with van der Waals surface area (Å²) >= 11 is 0. The molecule has 138 valence electrons. The van der Waals surface area contributed by atoms with Crippen LogP contribution in [0, 0.1) is 0 Å². The molecule has 0 bridgehead atoms. The monoisotopic (exact) mass is 353 g/mol. The minimum Gasteiger partial charge on any atom is -0.370 e. The van der Waals surface area contributed by atoms with Crippen LogP contribution in [0.5, 0.6) is 0 Å². The molecule has 26 heavy (non-hydrogen) atoms. The zero-order valence-electron chi connectivity index (χ0n) is 15.6. The number of nitrogens with zero attached hydrogens (tertiary/aromatic N) is 4. The number of aromatic nitrogens is 3. The average Bonchev–Trinajstić information content (AvgIpc) is 3.17. The van der Waals surface area contributed by atoms with Gasteiger partial charge in [-0.2, -0.15) is 0 Å². The zero-order chi connectivity index (χ0) is 18.5. The van der Waals surface area contributed by atoms with E-state index in [2.05, 4.69) is 50.3 Å². The molecule has 0 radical (unpaired) electrons. The molecule has 2 N–H and O–H groups in total. The Morgan fingerprint density at radius 3 is 2.77 bits per heavy atom. The highest BCUT2D eigenvalue weighted by molar-refractivity contribution is 5.84. The van der Waals surface area contributed by atoms with E-state index in [0.717, 1.165) is 37.4 Å². The Morgan fingerprint density at radius 1 is 1.27 bits per heavy atom. The maximum Gasteiger partial charge on any atom is 0.219 e. The molecule has 2 aromatic heterocycles. The lowest BCUT2D eigenvalue weighted by atomic mass is 10.1. The molecule has 0 unspecified atom stereocenters. The summed E-state index contributed by atoms with van der Waals surface area (Å²) in [4.78, 5) is 18.1. The molecule has 0 saturated carbocycles. The summed E-state index contributed by atoms with van der Waals surface area (Å²) in [7, 11) is 2.03. The van der Waals surface area contributed by atoms with Gasteiger partial charge in [-0.25, -0.2) is 4.98 Å². The van der Waals surface area contributed by atoms with Gasteiger partial charge in [-0.05, 0) is 24.6 Å². The van der Waals surface area contributed by atoms with Crippen molar-refractivity contribution in [1.82, 2.24) is 19.0 Å². The van der Waals surface area contributed by atoms with Crippen molar-refractivity contribution in [1.29, 1.82) is 0 Å². The molecule has 1 amide bonds. The first-order chi connectivity index (χ1) is 12.6. The number of fused-ring (bicyclic) bond motifs is 1. The van der Waals surface area contributed by atoms with E-state index in [9.17, 15) is 4.79 Å². The molecule has 2 heterocycles. The first-order valence-corrected chi connectivity index (χ1v) is 9.12. The quantitative estimate of drug-likeness (QED) is 0.643. The Labute approximate surface area is 154 Å². The van der Waals surface area contributed by atoms with Crippen molar-refractivity contribution in [2.24, 2.45) is 12.8 Å². The molecule has 6 nitrogen and oxygen atoms in total. The predicted molar refractivity (Wildman–Crippen MR) is 103 cm³/mol. The predicted octanol–water partition coefficient (Wildman–Crippen LogP) is 2.66. The summed E-state index contributed by atoms with van der Waals surface area (Å²) in [5, 5.41) is 1.23. The lowest BCUT2D eigenvalue weighted by Gasteiger charge is -2.21. The number of imidazole rings is 1. The van der Waals surface area contributed by atoms with Crippen LogP contribution in [-0.2, 0) is 31.5 Å². The number of nitrogens with two attached hydrogens (primary N) is 1. The highest BCUT2D eigenvalue weighted by Crippen LogP contribution is 2.23. The standard InChI is InChI=1S/C20H27N5O/c1-3-10-24(15-20-22-9-12-23(20)2)13-16-14-25(11-8-19(21)26)18-7-5-4-6-17(16)18/h4-7,9,12,14H,3,8,10-11,13,15H2,1-2H3,(H2,21,26). The van der Waals surface area contributed by atoms with Gasteiger partial charge in [0.15, 0.2) is 0 Å². The number of hydrogen-bond donors (Lipinski definition) is 1. The van der Waals surface area contributed by atoms with Crippen LogP contribution in [0.4, 0.5) is 0 Å². The third-order valence-corrected chi connectivity index (χ3v) is 4.69. The number of carbonyl (C=O) groups excluding carboxylic acids is 1. The molecule has 0 atom stereocenters. The fraction of sp³-hybridized carbons (Fsp3) is 0.400. The number of hydrogen-bond acceptors (Lipinski definition) is 3. The van der Waals surface area contributed by atoms with Crippen LogP contribution in [0.3, 0.4) is 0 Å². The first kappa shape index (κ1) is 18.2. The lowest BCUT2D eigenvalue weighted by Crippen LogP contribution is -2.25. The van der Waals surface area contributed by atoms with Crippen molar-refractivity contribution in [3.63, 3.8) is 0 Å². The van der Waals surface area contributed by atoms with Crippen molar-refractivity contribution in [3.05, 3.63) is 54.2 Å². The van der Waals surface area contributed by atoms with Crippen LogP contribution in [0.15, 0.2) is 42.9 Å². The van der Waals surface area contributed by atoms with Crippen LogP contribution < -0.4 is 5.73 Å².